The Kier molecular flexibility index (Phi) is 11.1. The van der Waals surface area contributed by atoms with Gasteiger partial charge in [0.15, 0.2) is 11.5 Å². The lowest BCUT2D eigenvalue weighted by atomic mass is 9.55. The molecule has 12 heteroatoms. The number of oxime groups is 1. The van der Waals surface area contributed by atoms with Crippen molar-refractivity contribution >= 4 is 11.7 Å². The Morgan fingerprint density at radius 3 is 2.49 bits per heavy atom. The summed E-state index contributed by atoms with van der Waals surface area (Å²) in [4.78, 5) is 21.5. The second kappa shape index (κ2) is 16.1. The fraction of sp³-hybridized carbons (Fsp3) is 0.463. The first-order chi connectivity index (χ1) is 25.8. The largest absolute Gasteiger partial charge is 0.508 e. The first-order valence-electron chi connectivity index (χ1n) is 18.6. The topological polar surface area (TPSA) is 163 Å². The summed E-state index contributed by atoms with van der Waals surface area (Å²) >= 11 is 0. The van der Waals surface area contributed by atoms with E-state index in [1.54, 1.807) is 25.2 Å². The highest BCUT2D eigenvalue weighted by atomic mass is 16.7. The number of benzene rings is 3. The Morgan fingerprint density at radius 1 is 0.943 bits per heavy atom. The van der Waals surface area contributed by atoms with E-state index >= 15 is 0 Å². The molecule has 7 rings (SSSR count). The number of amides is 2. The lowest BCUT2D eigenvalue weighted by molar-refractivity contribution is -0.226. The Hall–Kier alpha value is -4.78. The zero-order valence-corrected chi connectivity index (χ0v) is 30.0. The van der Waals surface area contributed by atoms with Crippen LogP contribution in [0.2, 0.25) is 0 Å². The van der Waals surface area contributed by atoms with E-state index in [1.165, 1.54) is 4.90 Å². The molecule has 2 aliphatic heterocycles. The van der Waals surface area contributed by atoms with Gasteiger partial charge in [-0.2, -0.15) is 0 Å². The summed E-state index contributed by atoms with van der Waals surface area (Å²) in [6, 6.07) is 18.9. The summed E-state index contributed by atoms with van der Waals surface area (Å²) in [5, 5.41) is 50.9. The molecule has 3 aromatic carbocycles. The van der Waals surface area contributed by atoms with Crippen molar-refractivity contribution in [1.29, 1.82) is 0 Å². The van der Waals surface area contributed by atoms with Gasteiger partial charge in [-0.3, -0.25) is 0 Å². The first kappa shape index (κ1) is 36.6. The van der Waals surface area contributed by atoms with Gasteiger partial charge >= 0.3 is 6.03 Å². The summed E-state index contributed by atoms with van der Waals surface area (Å²) in [7, 11) is 1.65. The van der Waals surface area contributed by atoms with Gasteiger partial charge in [0.05, 0.1) is 11.6 Å². The number of nitrogens with zero attached hydrogens (tertiary/aromatic N) is 2. The van der Waals surface area contributed by atoms with Crippen LogP contribution in [0.1, 0.15) is 67.6 Å². The molecule has 6 atom stereocenters. The number of phenols is 1. The third-order valence-electron chi connectivity index (χ3n) is 11.2. The molecule has 0 aromatic heterocycles. The van der Waals surface area contributed by atoms with Crippen molar-refractivity contribution in [3.8, 4) is 23.0 Å². The Morgan fingerprint density at radius 2 is 1.70 bits per heavy atom. The molecule has 2 aliphatic carbocycles. The molecular formula is C41H49N3O9. The second-order valence-corrected chi connectivity index (χ2v) is 14.4. The highest BCUT2D eigenvalue weighted by Gasteiger charge is 2.63. The van der Waals surface area contributed by atoms with E-state index in [1.807, 2.05) is 48.5 Å². The SMILES string of the molecule is CN(C(=O)NCc1ccc2c(c1)OCO2)C1CC(=NOCc2ccccc2)C2=CC(CCCCO)C(CCCCO)C3c4cc(O)ccc4OC1(O)C23. The quantitative estimate of drug-likeness (QED) is 0.105. The summed E-state index contributed by atoms with van der Waals surface area (Å²) in [6.45, 7) is 0.781. The molecule has 12 nitrogen and oxygen atoms in total. The third-order valence-corrected chi connectivity index (χ3v) is 11.2. The molecule has 1 fully saturated rings. The predicted molar refractivity (Wildman–Crippen MR) is 196 cm³/mol. The molecule has 2 heterocycles. The number of hydrogen-bond acceptors (Lipinski definition) is 10. The average Bonchev–Trinajstić information content (AvgIpc) is 3.64. The van der Waals surface area contributed by atoms with Gasteiger partial charge in [0.2, 0.25) is 12.6 Å². The molecule has 3 aromatic rings. The number of phenolic OH excluding ortho intramolecular Hbond substituents is 1. The minimum atomic E-state index is -1.87. The zero-order valence-electron chi connectivity index (χ0n) is 30.0. The number of aromatic hydroxyl groups is 1. The standard InChI is InChI=1S/C41H49N3O9/c1-44(40(48)42-23-27-13-15-35-36(19-27)51-25-50-35)37-22-33(43-52-24-26-9-3-2-4-10-26)31-20-28(11-5-7-17-45)30(12-6-8-18-46)38-32-21-29(47)14-16-34(32)53-41(37,49)39(31)38/h2-4,9-10,13-16,19-21,28,30,37-39,45-47,49H,5-8,11-12,17-18,22-25H2,1H3,(H,42,48). The normalized spacial score (nSPS) is 25.8. The Labute approximate surface area is 309 Å². The summed E-state index contributed by atoms with van der Waals surface area (Å²) in [6.07, 6.45) is 6.78. The molecule has 53 heavy (non-hydrogen) atoms. The Bertz CT molecular complexity index is 1820. The number of urea groups is 1. The van der Waals surface area contributed by atoms with Crippen LogP contribution in [-0.4, -0.2) is 76.0 Å². The van der Waals surface area contributed by atoms with E-state index < -0.39 is 23.8 Å². The van der Waals surface area contributed by atoms with Crippen molar-refractivity contribution in [2.24, 2.45) is 22.9 Å². The van der Waals surface area contributed by atoms with E-state index in [2.05, 4.69) is 11.4 Å². The van der Waals surface area contributed by atoms with Crippen LogP contribution in [0.4, 0.5) is 4.79 Å². The van der Waals surface area contributed by atoms with E-state index in [0.717, 1.165) is 47.9 Å². The first-order valence-corrected chi connectivity index (χ1v) is 18.6. The molecule has 0 radical (unpaired) electrons. The number of rotatable bonds is 14. The van der Waals surface area contributed by atoms with Crippen molar-refractivity contribution in [2.45, 2.75) is 75.8 Å². The smallest absolute Gasteiger partial charge is 0.317 e. The molecule has 0 saturated heterocycles. The highest BCUT2D eigenvalue weighted by Crippen LogP contribution is 2.60. The number of carbonyl (C=O) groups is 1. The number of fused-ring (bicyclic) bond motifs is 3. The van der Waals surface area contributed by atoms with Gasteiger partial charge < -0.3 is 49.7 Å². The van der Waals surface area contributed by atoms with Crippen molar-refractivity contribution < 1.29 is 44.3 Å². The number of carbonyl (C=O) groups excluding carboxylic acids is 1. The summed E-state index contributed by atoms with van der Waals surface area (Å²) in [5.74, 6) is -0.979. The van der Waals surface area contributed by atoms with E-state index in [-0.39, 0.29) is 63.1 Å². The number of hydrogen-bond donors (Lipinski definition) is 5. The van der Waals surface area contributed by atoms with E-state index in [0.29, 0.717) is 35.8 Å². The van der Waals surface area contributed by atoms with Crippen LogP contribution in [0.3, 0.4) is 0 Å². The maximum atomic E-state index is 14.0. The van der Waals surface area contributed by atoms with Crippen LogP contribution in [0.15, 0.2) is 83.5 Å². The molecular weight excluding hydrogens is 678 g/mol. The van der Waals surface area contributed by atoms with Crippen LogP contribution in [0.5, 0.6) is 23.0 Å². The van der Waals surface area contributed by atoms with Gasteiger partial charge in [0.25, 0.3) is 0 Å². The highest BCUT2D eigenvalue weighted by molar-refractivity contribution is 6.03. The summed E-state index contributed by atoms with van der Waals surface area (Å²) < 4.78 is 17.6. The lowest BCUT2D eigenvalue weighted by Crippen LogP contribution is -2.69. The van der Waals surface area contributed by atoms with E-state index in [4.69, 9.17) is 24.2 Å². The van der Waals surface area contributed by atoms with Crippen LogP contribution < -0.4 is 19.5 Å². The number of aliphatic hydroxyl groups is 3. The van der Waals surface area contributed by atoms with Crippen LogP contribution in [0, 0.1) is 17.8 Å². The maximum absolute atomic E-state index is 14.0. The van der Waals surface area contributed by atoms with Gasteiger partial charge in [-0.1, -0.05) is 60.5 Å². The Balaban J connectivity index is 1.27. The minimum Gasteiger partial charge on any atom is -0.508 e. The van der Waals surface area contributed by atoms with Crippen LogP contribution in [0.25, 0.3) is 0 Å². The molecule has 5 N–H and O–H groups in total. The molecule has 4 aliphatic rings. The molecule has 0 bridgehead atoms. The number of aliphatic hydroxyl groups excluding tert-OH is 2. The number of nitrogens with one attached hydrogen (secondary N) is 1. The van der Waals surface area contributed by atoms with Gasteiger partial charge in [0, 0.05) is 44.7 Å². The van der Waals surface area contributed by atoms with Crippen LogP contribution >= 0.6 is 0 Å². The van der Waals surface area contributed by atoms with Gasteiger partial charge in [-0.05, 0) is 84.6 Å². The minimum absolute atomic E-state index is 0.000320. The fourth-order valence-electron chi connectivity index (χ4n) is 8.62. The van der Waals surface area contributed by atoms with Crippen molar-refractivity contribution in [3.05, 3.63) is 95.1 Å². The summed E-state index contributed by atoms with van der Waals surface area (Å²) in [5.41, 5.74) is 3.98. The molecule has 0 spiro atoms. The fourth-order valence-corrected chi connectivity index (χ4v) is 8.62. The van der Waals surface area contributed by atoms with Crippen molar-refractivity contribution in [2.75, 3.05) is 27.1 Å². The third kappa shape index (κ3) is 7.53. The maximum Gasteiger partial charge on any atom is 0.317 e. The zero-order chi connectivity index (χ0) is 37.0. The monoisotopic (exact) mass is 727 g/mol. The van der Waals surface area contributed by atoms with Gasteiger partial charge in [0.1, 0.15) is 24.1 Å². The molecule has 282 valence electrons. The number of unbranched alkanes of at least 4 members (excludes halogenated alkanes) is 2. The predicted octanol–water partition coefficient (Wildman–Crippen LogP) is 5.59. The molecule has 6 unspecified atom stereocenters. The van der Waals surface area contributed by atoms with E-state index in [9.17, 15) is 25.2 Å². The number of allylic oxidation sites excluding steroid dienone is 1. The molecule has 2 amide bonds. The van der Waals surface area contributed by atoms with Crippen molar-refractivity contribution in [1.82, 2.24) is 10.2 Å². The van der Waals surface area contributed by atoms with Crippen LogP contribution in [-0.2, 0) is 18.0 Å². The van der Waals surface area contributed by atoms with Gasteiger partial charge in [-0.15, -0.1) is 0 Å². The van der Waals surface area contributed by atoms with Gasteiger partial charge in [-0.25, -0.2) is 4.79 Å². The van der Waals surface area contributed by atoms with Crippen molar-refractivity contribution in [3.63, 3.8) is 0 Å². The average molecular weight is 728 g/mol. The number of ether oxygens (including phenoxy) is 3. The second-order valence-electron chi connectivity index (χ2n) is 14.4. The number of likely N-dealkylation sites (N-methyl/N-ethyl adjacent to an activating group) is 1. The molecule has 1 saturated carbocycles. The lowest BCUT2D eigenvalue weighted by Gasteiger charge is -2.58.